The molecular formula is C18H28N4O7S. The largest absolute Gasteiger partial charge is 0.465 e. The van der Waals surface area contributed by atoms with Crippen molar-refractivity contribution in [1.82, 2.24) is 14.9 Å². The normalized spacial score (nSPS) is 23.5. The van der Waals surface area contributed by atoms with Gasteiger partial charge in [0.15, 0.2) is 5.78 Å². The van der Waals surface area contributed by atoms with E-state index in [0.29, 0.717) is 17.3 Å². The van der Waals surface area contributed by atoms with Crippen molar-refractivity contribution in [1.29, 1.82) is 0 Å². The predicted molar refractivity (Wildman–Crippen MR) is 108 cm³/mol. The van der Waals surface area contributed by atoms with Gasteiger partial charge in [-0.25, -0.2) is 14.1 Å². The van der Waals surface area contributed by atoms with E-state index in [2.05, 4.69) is 15.6 Å². The minimum Gasteiger partial charge on any atom is -0.465 e. The molecule has 168 valence electrons. The van der Waals surface area contributed by atoms with E-state index in [0.717, 1.165) is 0 Å². The molecule has 0 aliphatic carbocycles. The fraction of sp³-hybridized carbons (Fsp3) is 0.667. The van der Waals surface area contributed by atoms with Crippen molar-refractivity contribution in [2.45, 2.75) is 57.7 Å². The van der Waals surface area contributed by atoms with Gasteiger partial charge in [0, 0.05) is 19.2 Å². The van der Waals surface area contributed by atoms with Crippen molar-refractivity contribution < 1.29 is 33.0 Å². The Morgan fingerprint density at radius 3 is 2.70 bits per heavy atom. The summed E-state index contributed by atoms with van der Waals surface area (Å²) < 4.78 is 27.2. The molecule has 1 fully saturated rings. The highest BCUT2D eigenvalue weighted by molar-refractivity contribution is 8.06. The number of nitrogens with one attached hydrogen (secondary N) is 2. The van der Waals surface area contributed by atoms with Crippen LogP contribution < -0.4 is 10.6 Å². The topological polar surface area (TPSA) is 165 Å². The van der Waals surface area contributed by atoms with Gasteiger partial charge in [-0.05, 0) is 31.7 Å². The van der Waals surface area contributed by atoms with Gasteiger partial charge in [0.05, 0.1) is 12.1 Å². The second-order valence-corrected chi connectivity index (χ2v) is 9.43. The lowest BCUT2D eigenvalue weighted by molar-refractivity contribution is -0.132. The van der Waals surface area contributed by atoms with E-state index in [9.17, 15) is 27.9 Å². The van der Waals surface area contributed by atoms with Crippen molar-refractivity contribution in [3.8, 4) is 0 Å². The van der Waals surface area contributed by atoms with E-state index < -0.39 is 51.0 Å². The number of aliphatic hydroxyl groups excluding tert-OH is 1. The summed E-state index contributed by atoms with van der Waals surface area (Å²) >= 11 is 0. The molecule has 2 amide bonds. The highest BCUT2D eigenvalue weighted by Crippen LogP contribution is 2.23. The fourth-order valence-electron chi connectivity index (χ4n) is 3.49. The van der Waals surface area contributed by atoms with Crippen LogP contribution in [0, 0.1) is 5.92 Å². The maximum absolute atomic E-state index is 13.4. The third-order valence-corrected chi connectivity index (χ3v) is 6.61. The first-order valence-electron chi connectivity index (χ1n) is 9.78. The molecule has 0 bridgehead atoms. The Balaban J connectivity index is 2.55. The number of amides is 2. The van der Waals surface area contributed by atoms with E-state index in [4.69, 9.17) is 5.11 Å². The van der Waals surface area contributed by atoms with E-state index >= 15 is 0 Å². The zero-order valence-corrected chi connectivity index (χ0v) is 17.8. The molecule has 2 heterocycles. The van der Waals surface area contributed by atoms with Crippen LogP contribution in [0.1, 0.15) is 39.5 Å². The first-order valence-corrected chi connectivity index (χ1v) is 11.2. The predicted octanol–water partition coefficient (Wildman–Crippen LogP) is -0.175. The summed E-state index contributed by atoms with van der Waals surface area (Å²) in [5.41, 5.74) is 0. The number of ketones is 1. The third kappa shape index (κ3) is 5.64. The van der Waals surface area contributed by atoms with Crippen LogP contribution in [0.4, 0.5) is 4.79 Å². The summed E-state index contributed by atoms with van der Waals surface area (Å²) in [6.07, 6.45) is 0.333. The van der Waals surface area contributed by atoms with Gasteiger partial charge in [0.1, 0.15) is 6.04 Å². The summed E-state index contributed by atoms with van der Waals surface area (Å²) in [6.45, 7) is 4.08. The Hall–Kier alpha value is -2.31. The number of aliphatic imine (C=N–C) groups is 1. The molecule has 3 atom stereocenters. The number of β-amino-alcohol motifs (C(OH)–C–C–N with tert-alkyl or cyclic N) is 1. The summed E-state index contributed by atoms with van der Waals surface area (Å²) in [4.78, 5) is 40.5. The number of allylic oxidation sites excluding steroid dienone is 1. The Morgan fingerprint density at radius 2 is 2.10 bits per heavy atom. The van der Waals surface area contributed by atoms with Crippen LogP contribution in [0.2, 0.25) is 0 Å². The van der Waals surface area contributed by atoms with Crippen LogP contribution >= 0.6 is 0 Å². The lowest BCUT2D eigenvalue weighted by Gasteiger charge is -2.35. The number of hydrogen-bond acceptors (Lipinski definition) is 8. The van der Waals surface area contributed by atoms with Crippen LogP contribution in [0.25, 0.3) is 0 Å². The Morgan fingerprint density at radius 1 is 1.40 bits per heavy atom. The first kappa shape index (κ1) is 24.0. The lowest BCUT2D eigenvalue weighted by atomic mass is 10.0. The molecule has 2 rings (SSSR count). The monoisotopic (exact) mass is 444 g/mol. The molecule has 0 aromatic heterocycles. The molecule has 0 aromatic carbocycles. The average Bonchev–Trinajstić information content (AvgIpc) is 2.85. The zero-order chi connectivity index (χ0) is 22.5. The molecule has 0 saturated carbocycles. The third-order valence-electron chi connectivity index (χ3n) is 4.81. The van der Waals surface area contributed by atoms with Crippen molar-refractivity contribution in [2.75, 3.05) is 13.1 Å². The second-order valence-electron chi connectivity index (χ2n) is 7.70. The van der Waals surface area contributed by atoms with Crippen molar-refractivity contribution in [2.24, 2.45) is 10.9 Å². The van der Waals surface area contributed by atoms with Gasteiger partial charge >= 0.3 is 6.09 Å². The summed E-state index contributed by atoms with van der Waals surface area (Å²) in [5, 5.41) is 23.9. The van der Waals surface area contributed by atoms with Gasteiger partial charge in [-0.15, -0.1) is 0 Å². The second kappa shape index (κ2) is 10.1. The molecule has 1 saturated heterocycles. The Kier molecular flexibility index (Phi) is 8.10. The summed E-state index contributed by atoms with van der Waals surface area (Å²) in [6, 6.07) is -2.53. The molecule has 4 N–H and O–H groups in total. The van der Waals surface area contributed by atoms with Gasteiger partial charge in [-0.2, -0.15) is 8.42 Å². The van der Waals surface area contributed by atoms with Crippen molar-refractivity contribution in [3.63, 3.8) is 0 Å². The molecule has 0 radical (unpaired) electrons. The zero-order valence-electron chi connectivity index (χ0n) is 16.9. The molecule has 12 heteroatoms. The molecule has 2 unspecified atom stereocenters. The SMILES string of the molecule is CC(C)CC(NC(=O)O)C(=O)N(C1CCCNC[C@@H]1O)S(=O)(=O)C1=NC=CCC1=O. The maximum atomic E-state index is 13.4. The number of nitrogens with zero attached hydrogens (tertiary/aromatic N) is 2. The molecule has 11 nitrogen and oxygen atoms in total. The molecular weight excluding hydrogens is 416 g/mol. The average molecular weight is 445 g/mol. The minimum absolute atomic E-state index is 0.0402. The number of hydrogen-bond donors (Lipinski definition) is 4. The maximum Gasteiger partial charge on any atom is 0.405 e. The molecule has 2 aliphatic rings. The van der Waals surface area contributed by atoms with Crippen LogP contribution in [0.15, 0.2) is 17.3 Å². The highest BCUT2D eigenvalue weighted by atomic mass is 32.2. The summed E-state index contributed by atoms with van der Waals surface area (Å²) in [7, 11) is -4.73. The number of Topliss-reactive ketones (excluding diaryl/α,β-unsaturated/α-hetero) is 1. The van der Waals surface area contributed by atoms with E-state index in [-0.39, 0.29) is 31.7 Å². The molecule has 2 aliphatic heterocycles. The van der Waals surface area contributed by atoms with Crippen LogP contribution in [-0.2, 0) is 19.6 Å². The van der Waals surface area contributed by atoms with E-state index in [1.165, 1.54) is 12.3 Å². The van der Waals surface area contributed by atoms with Crippen LogP contribution in [0.3, 0.4) is 0 Å². The number of aliphatic hydroxyl groups is 1. The van der Waals surface area contributed by atoms with Crippen LogP contribution in [0.5, 0.6) is 0 Å². The number of rotatable bonds is 5. The van der Waals surface area contributed by atoms with Gasteiger partial charge < -0.3 is 20.8 Å². The molecule has 0 aromatic rings. The first-order chi connectivity index (χ1) is 14.1. The standard InChI is InChI=1S/C18H28N4O7S/c1-11(2)9-12(21-18(26)27)17(25)22(13-5-3-7-19-10-15(13)24)30(28,29)16-14(23)6-4-8-20-16/h4,8,11-13,15,19,21,24H,3,5-7,9-10H2,1-2H3,(H,26,27)/t12?,13?,15-/m0/s1. The van der Waals surface area contributed by atoms with Gasteiger partial charge in [-0.1, -0.05) is 19.9 Å². The molecule has 0 spiro atoms. The number of carboxylic acid groups (broad SMARTS) is 1. The fourth-order valence-corrected chi connectivity index (χ4v) is 5.20. The van der Waals surface area contributed by atoms with Gasteiger partial charge in [0.2, 0.25) is 5.04 Å². The Labute approximate surface area is 175 Å². The van der Waals surface area contributed by atoms with Crippen LogP contribution in [-0.4, -0.2) is 77.0 Å². The Bertz CT molecular complexity index is 837. The quantitative estimate of drug-likeness (QED) is 0.453. The number of carbonyl (C=O) groups is 3. The molecule has 30 heavy (non-hydrogen) atoms. The lowest BCUT2D eigenvalue weighted by Crippen LogP contribution is -2.59. The van der Waals surface area contributed by atoms with Gasteiger partial charge in [0.25, 0.3) is 15.9 Å². The van der Waals surface area contributed by atoms with E-state index in [1.54, 1.807) is 13.8 Å². The van der Waals surface area contributed by atoms with Gasteiger partial charge in [-0.3, -0.25) is 9.59 Å². The smallest absolute Gasteiger partial charge is 0.405 e. The highest BCUT2D eigenvalue weighted by Gasteiger charge is 2.45. The van der Waals surface area contributed by atoms with Crippen molar-refractivity contribution >= 4 is 32.9 Å². The van der Waals surface area contributed by atoms with Crippen molar-refractivity contribution in [3.05, 3.63) is 12.3 Å². The number of sulfonamides is 1. The summed E-state index contributed by atoms with van der Waals surface area (Å²) in [5.74, 6) is -1.95. The number of carbonyl (C=O) groups excluding carboxylic acids is 2. The van der Waals surface area contributed by atoms with E-state index in [1.807, 2.05) is 0 Å². The minimum atomic E-state index is -4.73.